The Labute approximate surface area is 120 Å². The maximum Gasteiger partial charge on any atom is 0.314 e. The lowest BCUT2D eigenvalue weighted by Crippen LogP contribution is -2.38. The average molecular weight is 282 g/mol. The molecule has 0 aliphatic rings. The van der Waals surface area contributed by atoms with E-state index in [0.29, 0.717) is 19.5 Å². The minimum atomic E-state index is -0.325. The predicted molar refractivity (Wildman–Crippen MR) is 78.4 cm³/mol. The largest absolute Gasteiger partial charge is 0.393 e. The molecule has 1 rings (SSSR count). The van der Waals surface area contributed by atoms with E-state index in [2.05, 4.69) is 15.7 Å². The monoisotopic (exact) mass is 282 g/mol. The van der Waals surface area contributed by atoms with Crippen LogP contribution in [0.25, 0.3) is 0 Å². The maximum atomic E-state index is 11.5. The molecule has 2 amide bonds. The Morgan fingerprint density at radius 1 is 1.45 bits per heavy atom. The van der Waals surface area contributed by atoms with E-state index in [1.165, 1.54) is 5.56 Å². The van der Waals surface area contributed by atoms with Crippen molar-refractivity contribution >= 4 is 6.03 Å². The molecule has 0 saturated carbocycles. The molecule has 1 heterocycles. The highest BCUT2D eigenvalue weighted by Crippen LogP contribution is 2.03. The van der Waals surface area contributed by atoms with Crippen LogP contribution in [-0.4, -0.2) is 40.1 Å². The lowest BCUT2D eigenvalue weighted by Gasteiger charge is -2.14. The zero-order valence-corrected chi connectivity index (χ0v) is 12.6. The Balaban J connectivity index is 2.05. The quantitative estimate of drug-likeness (QED) is 0.624. The Morgan fingerprint density at radius 3 is 2.80 bits per heavy atom. The van der Waals surface area contributed by atoms with Crippen molar-refractivity contribution in [3.05, 3.63) is 18.0 Å². The summed E-state index contributed by atoms with van der Waals surface area (Å²) < 4.78 is 1.78. The van der Waals surface area contributed by atoms with Gasteiger partial charge in [0.25, 0.3) is 0 Å². The van der Waals surface area contributed by atoms with Crippen LogP contribution in [0.4, 0.5) is 4.79 Å². The number of aliphatic hydroxyl groups excluding tert-OH is 1. The van der Waals surface area contributed by atoms with Gasteiger partial charge in [-0.15, -0.1) is 0 Å². The molecule has 0 aromatic carbocycles. The Morgan fingerprint density at radius 2 is 2.20 bits per heavy atom. The zero-order chi connectivity index (χ0) is 15.0. The number of rotatable bonds is 8. The van der Waals surface area contributed by atoms with E-state index in [-0.39, 0.29) is 18.1 Å². The Hall–Kier alpha value is -1.56. The van der Waals surface area contributed by atoms with Crippen molar-refractivity contribution in [2.45, 2.75) is 39.2 Å². The van der Waals surface area contributed by atoms with Gasteiger partial charge in [-0.05, 0) is 37.7 Å². The molecule has 2 atom stereocenters. The van der Waals surface area contributed by atoms with Gasteiger partial charge in [-0.2, -0.15) is 5.10 Å². The maximum absolute atomic E-state index is 11.5. The van der Waals surface area contributed by atoms with Gasteiger partial charge in [-0.1, -0.05) is 6.92 Å². The fourth-order valence-electron chi connectivity index (χ4n) is 2.09. The minimum Gasteiger partial charge on any atom is -0.393 e. The van der Waals surface area contributed by atoms with E-state index in [1.807, 2.05) is 26.4 Å². The number of aromatic nitrogens is 2. The number of aryl methyl sites for hydroxylation is 2. The van der Waals surface area contributed by atoms with E-state index >= 15 is 0 Å². The molecule has 0 bridgehead atoms. The van der Waals surface area contributed by atoms with Crippen molar-refractivity contribution < 1.29 is 9.90 Å². The smallest absolute Gasteiger partial charge is 0.314 e. The molecular formula is C14H26N4O2. The summed E-state index contributed by atoms with van der Waals surface area (Å²) in [5.41, 5.74) is 1.18. The first kappa shape index (κ1) is 16.5. The van der Waals surface area contributed by atoms with Crippen LogP contribution in [0.2, 0.25) is 0 Å². The summed E-state index contributed by atoms with van der Waals surface area (Å²) in [6.07, 6.45) is 6.00. The Kier molecular flexibility index (Phi) is 7.08. The fourth-order valence-corrected chi connectivity index (χ4v) is 2.09. The molecule has 1 aromatic heterocycles. The number of amides is 2. The third-order valence-corrected chi connectivity index (χ3v) is 3.04. The van der Waals surface area contributed by atoms with E-state index in [0.717, 1.165) is 12.8 Å². The standard InChI is InChI=1S/C14H26N4O2/c1-11(7-12(2)19)8-16-14(20)15-6-4-5-13-9-17-18(3)10-13/h9-12,19H,4-8H2,1-3H3,(H2,15,16,20). The molecule has 20 heavy (non-hydrogen) atoms. The highest BCUT2D eigenvalue weighted by atomic mass is 16.3. The summed E-state index contributed by atoms with van der Waals surface area (Å²) in [4.78, 5) is 11.5. The third-order valence-electron chi connectivity index (χ3n) is 3.04. The molecule has 0 fully saturated rings. The number of hydrogen-bond acceptors (Lipinski definition) is 3. The van der Waals surface area contributed by atoms with Gasteiger partial charge in [-0.3, -0.25) is 4.68 Å². The number of nitrogens with one attached hydrogen (secondary N) is 2. The number of carbonyl (C=O) groups is 1. The second-order valence-electron chi connectivity index (χ2n) is 5.45. The Bertz CT molecular complexity index is 404. The first-order valence-corrected chi connectivity index (χ1v) is 7.14. The molecule has 0 aliphatic carbocycles. The SMILES string of the molecule is CC(O)CC(C)CNC(=O)NCCCc1cnn(C)c1. The summed E-state index contributed by atoms with van der Waals surface area (Å²) in [5, 5.41) is 19.0. The number of nitrogens with zero attached hydrogens (tertiary/aromatic N) is 2. The van der Waals surface area contributed by atoms with Gasteiger partial charge >= 0.3 is 6.03 Å². The van der Waals surface area contributed by atoms with Crippen molar-refractivity contribution in [3.8, 4) is 0 Å². The van der Waals surface area contributed by atoms with Crippen LogP contribution >= 0.6 is 0 Å². The van der Waals surface area contributed by atoms with E-state index in [4.69, 9.17) is 0 Å². The van der Waals surface area contributed by atoms with Crippen LogP contribution < -0.4 is 10.6 Å². The van der Waals surface area contributed by atoms with Gasteiger partial charge < -0.3 is 15.7 Å². The summed E-state index contributed by atoms with van der Waals surface area (Å²) in [7, 11) is 1.89. The molecular weight excluding hydrogens is 256 g/mol. The number of urea groups is 1. The van der Waals surface area contributed by atoms with Crippen molar-refractivity contribution in [1.82, 2.24) is 20.4 Å². The van der Waals surface area contributed by atoms with Crippen LogP contribution in [0.3, 0.4) is 0 Å². The van der Waals surface area contributed by atoms with Gasteiger partial charge in [0.1, 0.15) is 0 Å². The van der Waals surface area contributed by atoms with Gasteiger partial charge in [0.2, 0.25) is 0 Å². The predicted octanol–water partition coefficient (Wildman–Crippen LogP) is 1.06. The zero-order valence-electron chi connectivity index (χ0n) is 12.6. The van der Waals surface area contributed by atoms with Crippen LogP contribution in [0.15, 0.2) is 12.4 Å². The highest BCUT2D eigenvalue weighted by molar-refractivity contribution is 5.73. The summed E-state index contributed by atoms with van der Waals surface area (Å²) >= 11 is 0. The normalized spacial score (nSPS) is 13.8. The second kappa shape index (κ2) is 8.58. The van der Waals surface area contributed by atoms with E-state index in [1.54, 1.807) is 11.6 Å². The molecule has 1 aromatic rings. The van der Waals surface area contributed by atoms with Crippen LogP contribution in [0.1, 0.15) is 32.3 Å². The van der Waals surface area contributed by atoms with Crippen molar-refractivity contribution in [1.29, 1.82) is 0 Å². The van der Waals surface area contributed by atoms with Crippen molar-refractivity contribution in [2.24, 2.45) is 13.0 Å². The highest BCUT2D eigenvalue weighted by Gasteiger charge is 2.07. The van der Waals surface area contributed by atoms with Gasteiger partial charge in [0.05, 0.1) is 12.3 Å². The van der Waals surface area contributed by atoms with Gasteiger partial charge in [0.15, 0.2) is 0 Å². The molecule has 0 radical (unpaired) electrons. The van der Waals surface area contributed by atoms with Gasteiger partial charge in [-0.25, -0.2) is 4.79 Å². The molecule has 2 unspecified atom stereocenters. The molecule has 114 valence electrons. The minimum absolute atomic E-state index is 0.145. The molecule has 0 aliphatic heterocycles. The lowest BCUT2D eigenvalue weighted by atomic mass is 10.1. The lowest BCUT2D eigenvalue weighted by molar-refractivity contribution is 0.163. The third kappa shape index (κ3) is 7.13. The van der Waals surface area contributed by atoms with E-state index < -0.39 is 0 Å². The molecule has 6 nitrogen and oxygen atoms in total. The van der Waals surface area contributed by atoms with Crippen LogP contribution in [-0.2, 0) is 13.5 Å². The topological polar surface area (TPSA) is 79.2 Å². The van der Waals surface area contributed by atoms with Crippen LogP contribution in [0.5, 0.6) is 0 Å². The van der Waals surface area contributed by atoms with E-state index in [9.17, 15) is 9.90 Å². The number of aliphatic hydroxyl groups is 1. The summed E-state index contributed by atoms with van der Waals surface area (Å²) in [5.74, 6) is 0.274. The van der Waals surface area contributed by atoms with Gasteiger partial charge in [0, 0.05) is 26.3 Å². The molecule has 0 spiro atoms. The summed E-state index contributed by atoms with van der Waals surface area (Å²) in [6, 6.07) is -0.145. The fraction of sp³-hybridized carbons (Fsp3) is 0.714. The molecule has 3 N–H and O–H groups in total. The van der Waals surface area contributed by atoms with Crippen LogP contribution in [0, 0.1) is 5.92 Å². The van der Waals surface area contributed by atoms with Crippen molar-refractivity contribution in [3.63, 3.8) is 0 Å². The first-order chi connectivity index (χ1) is 9.47. The average Bonchev–Trinajstić information content (AvgIpc) is 2.77. The number of carbonyl (C=O) groups excluding carboxylic acids is 1. The molecule has 6 heteroatoms. The first-order valence-electron chi connectivity index (χ1n) is 7.14. The number of hydrogen-bond donors (Lipinski definition) is 3. The molecule has 0 saturated heterocycles. The summed E-state index contributed by atoms with van der Waals surface area (Å²) in [6.45, 7) is 5.00. The second-order valence-corrected chi connectivity index (χ2v) is 5.45. The van der Waals surface area contributed by atoms with Crippen molar-refractivity contribution in [2.75, 3.05) is 13.1 Å².